The van der Waals surface area contributed by atoms with Gasteiger partial charge in [0, 0.05) is 26.1 Å². The Bertz CT molecular complexity index is 169. The smallest absolute Gasteiger partial charge is 0.221 e. The highest BCUT2D eigenvalue weighted by atomic mass is 16.1. The molecule has 0 aliphatic carbocycles. The number of carbonyl (C=O) groups is 1. The van der Waals surface area contributed by atoms with Gasteiger partial charge in [-0.15, -0.1) is 6.58 Å². The van der Waals surface area contributed by atoms with Gasteiger partial charge < -0.3 is 10.6 Å². The van der Waals surface area contributed by atoms with Gasteiger partial charge in [-0.25, -0.2) is 0 Å². The van der Waals surface area contributed by atoms with E-state index in [1.165, 1.54) is 0 Å². The Hall–Kier alpha value is -0.830. The van der Waals surface area contributed by atoms with E-state index in [2.05, 4.69) is 24.1 Å². The maximum absolute atomic E-state index is 10.9. The second kappa shape index (κ2) is 8.75. The van der Waals surface area contributed by atoms with Gasteiger partial charge >= 0.3 is 0 Å². The van der Waals surface area contributed by atoms with Crippen LogP contribution in [-0.2, 0) is 4.79 Å². The Morgan fingerprint density at radius 2 is 2.29 bits per heavy atom. The fraction of sp³-hybridized carbons (Fsp3) is 0.727. The Labute approximate surface area is 87.0 Å². The lowest BCUT2D eigenvalue weighted by Gasteiger charge is -2.15. The van der Waals surface area contributed by atoms with Crippen LogP contribution < -0.4 is 10.6 Å². The SMILES string of the molecule is C=CCCC(CC)NCCC(=O)NC. The van der Waals surface area contributed by atoms with Crippen molar-refractivity contribution in [3.63, 3.8) is 0 Å². The summed E-state index contributed by atoms with van der Waals surface area (Å²) in [6.45, 7) is 6.61. The number of hydrogen-bond donors (Lipinski definition) is 2. The number of rotatable bonds is 8. The summed E-state index contributed by atoms with van der Waals surface area (Å²) in [6.07, 6.45) is 5.73. The van der Waals surface area contributed by atoms with Gasteiger partial charge in [0.2, 0.25) is 5.91 Å². The zero-order valence-corrected chi connectivity index (χ0v) is 9.31. The summed E-state index contributed by atoms with van der Waals surface area (Å²) < 4.78 is 0. The Balaban J connectivity index is 3.51. The molecule has 82 valence electrons. The number of carbonyl (C=O) groups excluding carboxylic acids is 1. The monoisotopic (exact) mass is 198 g/mol. The lowest BCUT2D eigenvalue weighted by molar-refractivity contribution is -0.120. The topological polar surface area (TPSA) is 41.1 Å². The van der Waals surface area contributed by atoms with E-state index >= 15 is 0 Å². The summed E-state index contributed by atoms with van der Waals surface area (Å²) in [5.74, 6) is 0.0936. The van der Waals surface area contributed by atoms with Gasteiger partial charge in [-0.3, -0.25) is 4.79 Å². The lowest BCUT2D eigenvalue weighted by atomic mass is 10.1. The average Bonchev–Trinajstić information content (AvgIpc) is 2.22. The van der Waals surface area contributed by atoms with E-state index in [1.54, 1.807) is 7.05 Å². The van der Waals surface area contributed by atoms with E-state index in [0.717, 1.165) is 25.8 Å². The summed E-state index contributed by atoms with van der Waals surface area (Å²) in [4.78, 5) is 10.9. The van der Waals surface area contributed by atoms with Crippen molar-refractivity contribution in [2.45, 2.75) is 38.6 Å². The normalized spacial score (nSPS) is 12.1. The fourth-order valence-corrected chi connectivity index (χ4v) is 1.28. The third-order valence-corrected chi connectivity index (χ3v) is 2.28. The average molecular weight is 198 g/mol. The van der Waals surface area contributed by atoms with Crippen LogP contribution in [0.2, 0.25) is 0 Å². The Morgan fingerprint density at radius 3 is 2.79 bits per heavy atom. The maximum atomic E-state index is 10.9. The molecule has 0 aromatic rings. The third kappa shape index (κ3) is 6.66. The molecule has 14 heavy (non-hydrogen) atoms. The van der Waals surface area contributed by atoms with Crippen LogP contribution in [0.3, 0.4) is 0 Å². The fourth-order valence-electron chi connectivity index (χ4n) is 1.28. The number of hydrogen-bond acceptors (Lipinski definition) is 2. The van der Waals surface area contributed by atoms with Crippen LogP contribution in [0.15, 0.2) is 12.7 Å². The molecule has 0 fully saturated rings. The first kappa shape index (κ1) is 13.2. The van der Waals surface area contributed by atoms with E-state index in [9.17, 15) is 4.79 Å². The van der Waals surface area contributed by atoms with Gasteiger partial charge in [0.15, 0.2) is 0 Å². The van der Waals surface area contributed by atoms with Crippen molar-refractivity contribution in [1.82, 2.24) is 10.6 Å². The van der Waals surface area contributed by atoms with Crippen LogP contribution in [0, 0.1) is 0 Å². The molecule has 0 aromatic heterocycles. The maximum Gasteiger partial charge on any atom is 0.221 e. The molecule has 0 heterocycles. The molecule has 1 unspecified atom stereocenters. The summed E-state index contributed by atoms with van der Waals surface area (Å²) in [5, 5.41) is 5.97. The van der Waals surface area contributed by atoms with E-state index in [4.69, 9.17) is 0 Å². The first-order valence-corrected chi connectivity index (χ1v) is 5.29. The van der Waals surface area contributed by atoms with Crippen molar-refractivity contribution < 1.29 is 4.79 Å². The zero-order chi connectivity index (χ0) is 10.8. The standard InChI is InChI=1S/C11H22N2O/c1-4-6-7-10(5-2)13-9-8-11(14)12-3/h4,10,13H,1,5-9H2,2-3H3,(H,12,14). The van der Waals surface area contributed by atoms with E-state index in [-0.39, 0.29) is 5.91 Å². The number of allylic oxidation sites excluding steroid dienone is 1. The quantitative estimate of drug-likeness (QED) is 0.580. The molecule has 2 N–H and O–H groups in total. The molecule has 1 amide bonds. The minimum atomic E-state index is 0.0936. The molecule has 0 aromatic carbocycles. The van der Waals surface area contributed by atoms with E-state index < -0.39 is 0 Å². The van der Waals surface area contributed by atoms with Gasteiger partial charge in [-0.1, -0.05) is 13.0 Å². The van der Waals surface area contributed by atoms with Gasteiger partial charge in [0.05, 0.1) is 0 Å². The Kier molecular flexibility index (Phi) is 8.24. The molecule has 0 spiro atoms. The van der Waals surface area contributed by atoms with E-state index in [0.29, 0.717) is 12.5 Å². The lowest BCUT2D eigenvalue weighted by Crippen LogP contribution is -2.32. The molecule has 3 heteroatoms. The summed E-state index contributed by atoms with van der Waals surface area (Å²) in [5.41, 5.74) is 0. The molecule has 0 radical (unpaired) electrons. The summed E-state index contributed by atoms with van der Waals surface area (Å²) in [6, 6.07) is 0.512. The van der Waals surface area contributed by atoms with Crippen LogP contribution in [-0.4, -0.2) is 25.5 Å². The molecule has 0 bridgehead atoms. The van der Waals surface area contributed by atoms with Gasteiger partial charge in [-0.2, -0.15) is 0 Å². The van der Waals surface area contributed by atoms with Crippen molar-refractivity contribution in [3.8, 4) is 0 Å². The zero-order valence-electron chi connectivity index (χ0n) is 9.31. The second-order valence-corrected chi connectivity index (χ2v) is 3.35. The van der Waals surface area contributed by atoms with Crippen LogP contribution in [0.5, 0.6) is 0 Å². The molecule has 0 rings (SSSR count). The van der Waals surface area contributed by atoms with Crippen molar-refractivity contribution in [2.24, 2.45) is 0 Å². The van der Waals surface area contributed by atoms with Crippen LogP contribution in [0.25, 0.3) is 0 Å². The largest absolute Gasteiger partial charge is 0.359 e. The number of nitrogens with one attached hydrogen (secondary N) is 2. The predicted molar refractivity (Wildman–Crippen MR) is 60.2 cm³/mol. The van der Waals surface area contributed by atoms with E-state index in [1.807, 2.05) is 6.08 Å². The van der Waals surface area contributed by atoms with Crippen molar-refractivity contribution in [1.29, 1.82) is 0 Å². The number of amides is 1. The summed E-state index contributed by atoms with van der Waals surface area (Å²) in [7, 11) is 1.66. The molecular weight excluding hydrogens is 176 g/mol. The van der Waals surface area contributed by atoms with Crippen molar-refractivity contribution in [2.75, 3.05) is 13.6 Å². The van der Waals surface area contributed by atoms with Crippen molar-refractivity contribution >= 4 is 5.91 Å². The van der Waals surface area contributed by atoms with Crippen LogP contribution >= 0.6 is 0 Å². The molecule has 3 nitrogen and oxygen atoms in total. The van der Waals surface area contributed by atoms with Crippen molar-refractivity contribution in [3.05, 3.63) is 12.7 Å². The van der Waals surface area contributed by atoms with Gasteiger partial charge in [-0.05, 0) is 19.3 Å². The second-order valence-electron chi connectivity index (χ2n) is 3.35. The van der Waals surface area contributed by atoms with Crippen LogP contribution in [0.1, 0.15) is 32.6 Å². The molecule has 0 saturated carbocycles. The highest BCUT2D eigenvalue weighted by Crippen LogP contribution is 2.01. The molecule has 0 aliphatic rings. The highest BCUT2D eigenvalue weighted by molar-refractivity contribution is 5.75. The first-order chi connectivity index (χ1) is 6.74. The van der Waals surface area contributed by atoms with Crippen LogP contribution in [0.4, 0.5) is 0 Å². The minimum Gasteiger partial charge on any atom is -0.359 e. The first-order valence-electron chi connectivity index (χ1n) is 5.29. The minimum absolute atomic E-state index is 0.0936. The summed E-state index contributed by atoms with van der Waals surface area (Å²) >= 11 is 0. The van der Waals surface area contributed by atoms with Gasteiger partial charge in [0.1, 0.15) is 0 Å². The highest BCUT2D eigenvalue weighted by Gasteiger charge is 2.04. The predicted octanol–water partition coefficient (Wildman–Crippen LogP) is 1.46. The Morgan fingerprint density at radius 1 is 1.57 bits per heavy atom. The molecular formula is C11H22N2O. The molecule has 0 saturated heterocycles. The molecule has 1 atom stereocenters. The third-order valence-electron chi connectivity index (χ3n) is 2.28. The molecule has 0 aliphatic heterocycles. The van der Waals surface area contributed by atoms with Gasteiger partial charge in [0.25, 0.3) is 0 Å².